The van der Waals surface area contributed by atoms with Crippen LogP contribution in [-0.2, 0) is 17.8 Å². The lowest BCUT2D eigenvalue weighted by atomic mass is 9.82. The van der Waals surface area contributed by atoms with Crippen molar-refractivity contribution in [3.63, 3.8) is 0 Å². The molecule has 0 aliphatic carbocycles. The molecule has 1 unspecified atom stereocenters. The number of benzene rings is 2. The molecule has 34 heavy (non-hydrogen) atoms. The van der Waals surface area contributed by atoms with Gasteiger partial charge in [0.2, 0.25) is 5.91 Å². The molecule has 2 amide bonds. The lowest BCUT2D eigenvalue weighted by Gasteiger charge is -2.41. The van der Waals surface area contributed by atoms with Gasteiger partial charge in [-0.05, 0) is 80.3 Å². The number of imide groups is 1. The third-order valence-corrected chi connectivity index (χ3v) is 7.73. The Morgan fingerprint density at radius 1 is 1.12 bits per heavy atom. The summed E-state index contributed by atoms with van der Waals surface area (Å²) in [5.74, 6) is 2.49. The van der Waals surface area contributed by atoms with Crippen LogP contribution in [0.3, 0.4) is 0 Å². The number of amides is 2. The lowest BCUT2D eigenvalue weighted by molar-refractivity contribution is -0.125. The summed E-state index contributed by atoms with van der Waals surface area (Å²) >= 11 is 1.05. The Bertz CT molecular complexity index is 1100. The molecule has 4 rings (SSSR count). The fourth-order valence-electron chi connectivity index (χ4n) is 4.90. The maximum atomic E-state index is 11.9. The van der Waals surface area contributed by atoms with E-state index in [1.165, 1.54) is 4.90 Å². The topological polar surface area (TPSA) is 76.1 Å². The second kappa shape index (κ2) is 9.53. The molecular formula is C27H33NO5S. The van der Waals surface area contributed by atoms with Gasteiger partial charge in [-0.1, -0.05) is 37.7 Å². The van der Waals surface area contributed by atoms with Crippen molar-refractivity contribution in [2.45, 2.75) is 66.0 Å². The van der Waals surface area contributed by atoms with Crippen LogP contribution in [0.15, 0.2) is 24.3 Å². The van der Waals surface area contributed by atoms with Gasteiger partial charge >= 0.3 is 0 Å². The fraction of sp³-hybridized carbons (Fsp3) is 0.481. The summed E-state index contributed by atoms with van der Waals surface area (Å²) in [5, 5.41) is 10.3. The van der Waals surface area contributed by atoms with Gasteiger partial charge in [0.25, 0.3) is 5.24 Å². The molecule has 1 fully saturated rings. The molecule has 0 bridgehead atoms. The van der Waals surface area contributed by atoms with Crippen molar-refractivity contribution in [2.24, 2.45) is 5.92 Å². The fourth-order valence-corrected chi connectivity index (χ4v) is 5.62. The van der Waals surface area contributed by atoms with Gasteiger partial charge in [0.15, 0.2) is 0 Å². The first kappa shape index (κ1) is 24.5. The third kappa shape index (κ3) is 4.76. The van der Waals surface area contributed by atoms with Crippen molar-refractivity contribution in [1.29, 1.82) is 0 Å². The van der Waals surface area contributed by atoms with Gasteiger partial charge in [0.1, 0.15) is 29.5 Å². The summed E-state index contributed by atoms with van der Waals surface area (Å²) in [6.45, 7) is 11.0. The monoisotopic (exact) mass is 483 g/mol. The molecule has 1 saturated heterocycles. The number of hydrogen-bond donors (Lipinski definition) is 1. The highest BCUT2D eigenvalue weighted by Gasteiger charge is 2.40. The molecule has 182 valence electrons. The Morgan fingerprint density at radius 3 is 2.44 bits per heavy atom. The van der Waals surface area contributed by atoms with Crippen molar-refractivity contribution in [3.8, 4) is 17.2 Å². The predicted octanol–water partition coefficient (Wildman–Crippen LogP) is 5.70. The Balaban J connectivity index is 1.50. The van der Waals surface area contributed by atoms with Gasteiger partial charge in [-0.3, -0.25) is 14.5 Å². The van der Waals surface area contributed by atoms with E-state index in [1.807, 2.05) is 45.0 Å². The van der Waals surface area contributed by atoms with Gasteiger partial charge in [0, 0.05) is 5.56 Å². The molecule has 0 radical (unpaired) electrons. The highest BCUT2D eigenvalue weighted by molar-refractivity contribution is 8.14. The first-order valence-corrected chi connectivity index (χ1v) is 12.8. The number of hydrogen-bond acceptors (Lipinski definition) is 6. The molecule has 6 nitrogen and oxygen atoms in total. The number of ether oxygens (including phenoxy) is 2. The molecular weight excluding hydrogens is 450 g/mol. The van der Waals surface area contributed by atoms with Crippen LogP contribution in [-0.4, -0.2) is 39.1 Å². The first-order chi connectivity index (χ1) is 16.1. The number of aromatic hydroxyl groups is 1. The highest BCUT2D eigenvalue weighted by Crippen LogP contribution is 2.45. The summed E-state index contributed by atoms with van der Waals surface area (Å²) in [4.78, 5) is 25.0. The summed E-state index contributed by atoms with van der Waals surface area (Å²) in [6.07, 6.45) is 2.51. The summed E-state index contributed by atoms with van der Waals surface area (Å²) < 4.78 is 12.9. The van der Waals surface area contributed by atoms with Crippen LogP contribution in [0, 0.1) is 26.7 Å². The standard InChI is InChI=1S/C27H33NO5S/c1-16(2)12-27(11-10-22-19(5)24(30)17(3)18(4)25(22)33-27)15-32-21-8-6-20(7-9-21)13-28-23(29)14-34-26(28)31/h6-9,16,30H,10-15H2,1-5H3. The van der Waals surface area contributed by atoms with Gasteiger partial charge < -0.3 is 14.6 Å². The van der Waals surface area contributed by atoms with E-state index in [1.54, 1.807) is 0 Å². The quantitative estimate of drug-likeness (QED) is 0.544. The minimum Gasteiger partial charge on any atom is -0.507 e. The molecule has 7 heteroatoms. The molecule has 1 N–H and O–H groups in total. The number of carbonyl (C=O) groups excluding carboxylic acids is 2. The van der Waals surface area contributed by atoms with E-state index in [0.29, 0.717) is 18.3 Å². The summed E-state index contributed by atoms with van der Waals surface area (Å²) in [6, 6.07) is 7.55. The molecule has 2 aromatic rings. The van der Waals surface area contributed by atoms with Gasteiger partial charge in [-0.25, -0.2) is 0 Å². The minimum atomic E-state index is -0.452. The largest absolute Gasteiger partial charge is 0.507 e. The van der Waals surface area contributed by atoms with E-state index in [-0.39, 0.29) is 23.4 Å². The molecule has 2 heterocycles. The van der Waals surface area contributed by atoms with Crippen molar-refractivity contribution in [3.05, 3.63) is 52.1 Å². The second-order valence-corrected chi connectivity index (χ2v) is 10.8. The summed E-state index contributed by atoms with van der Waals surface area (Å²) in [5.41, 5.74) is 4.28. The number of carbonyl (C=O) groups is 2. The molecule has 0 spiro atoms. The molecule has 2 aliphatic heterocycles. The maximum Gasteiger partial charge on any atom is 0.289 e. The second-order valence-electron chi connectivity index (χ2n) is 9.88. The van der Waals surface area contributed by atoms with Crippen LogP contribution in [0.2, 0.25) is 0 Å². The Morgan fingerprint density at radius 2 is 1.82 bits per heavy atom. The van der Waals surface area contributed by atoms with Gasteiger partial charge in [-0.15, -0.1) is 0 Å². The van der Waals surface area contributed by atoms with E-state index < -0.39 is 5.60 Å². The number of nitrogens with zero attached hydrogens (tertiary/aromatic N) is 1. The van der Waals surface area contributed by atoms with E-state index in [0.717, 1.165) is 70.3 Å². The Labute approximate surface area is 205 Å². The van der Waals surface area contributed by atoms with Gasteiger partial charge in [-0.2, -0.15) is 0 Å². The summed E-state index contributed by atoms with van der Waals surface area (Å²) in [7, 11) is 0. The van der Waals surface area contributed by atoms with Crippen LogP contribution < -0.4 is 9.47 Å². The molecule has 0 aromatic heterocycles. The average Bonchev–Trinajstić information content (AvgIpc) is 3.12. The van der Waals surface area contributed by atoms with E-state index in [2.05, 4.69) is 13.8 Å². The zero-order valence-electron chi connectivity index (χ0n) is 20.6. The zero-order chi connectivity index (χ0) is 24.6. The highest BCUT2D eigenvalue weighted by atomic mass is 32.2. The minimum absolute atomic E-state index is 0.144. The van der Waals surface area contributed by atoms with Crippen molar-refractivity contribution >= 4 is 22.9 Å². The third-order valence-electron chi connectivity index (χ3n) is 6.88. The Hall–Kier alpha value is -2.67. The maximum absolute atomic E-state index is 11.9. The number of phenols is 1. The average molecular weight is 484 g/mol. The van der Waals surface area contributed by atoms with E-state index in [9.17, 15) is 14.7 Å². The van der Waals surface area contributed by atoms with Crippen LogP contribution in [0.25, 0.3) is 0 Å². The number of phenolic OH excluding ortho intramolecular Hbond substituents is 1. The number of fused-ring (bicyclic) bond motifs is 1. The number of thioether (sulfide) groups is 1. The molecule has 2 aromatic carbocycles. The van der Waals surface area contributed by atoms with Crippen LogP contribution >= 0.6 is 11.8 Å². The number of rotatable bonds is 7. The van der Waals surface area contributed by atoms with Crippen LogP contribution in [0.4, 0.5) is 4.79 Å². The van der Waals surface area contributed by atoms with Crippen LogP contribution in [0.5, 0.6) is 17.2 Å². The van der Waals surface area contributed by atoms with Crippen molar-refractivity contribution in [1.82, 2.24) is 4.90 Å². The first-order valence-electron chi connectivity index (χ1n) is 11.8. The molecule has 1 atom stereocenters. The van der Waals surface area contributed by atoms with E-state index in [4.69, 9.17) is 9.47 Å². The zero-order valence-corrected chi connectivity index (χ0v) is 21.4. The molecule has 0 saturated carbocycles. The van der Waals surface area contributed by atoms with Crippen molar-refractivity contribution in [2.75, 3.05) is 12.4 Å². The predicted molar refractivity (Wildman–Crippen MR) is 134 cm³/mol. The lowest BCUT2D eigenvalue weighted by Crippen LogP contribution is -2.46. The molecule has 2 aliphatic rings. The normalized spacial score (nSPS) is 20.0. The smallest absolute Gasteiger partial charge is 0.289 e. The van der Waals surface area contributed by atoms with Crippen LogP contribution in [0.1, 0.15) is 54.5 Å². The van der Waals surface area contributed by atoms with E-state index >= 15 is 0 Å². The SMILES string of the molecule is Cc1c(C)c2c(c(C)c1O)CCC(COc1ccc(CN3C(=O)CSC3=O)cc1)(CC(C)C)O2. The van der Waals surface area contributed by atoms with Gasteiger partial charge in [0.05, 0.1) is 12.3 Å². The Kier molecular flexibility index (Phi) is 6.85. The van der Waals surface area contributed by atoms with Crippen molar-refractivity contribution < 1.29 is 24.2 Å².